The van der Waals surface area contributed by atoms with E-state index < -0.39 is 29.7 Å². The van der Waals surface area contributed by atoms with Crippen LogP contribution in [0.15, 0.2) is 36.4 Å². The second-order valence-electron chi connectivity index (χ2n) is 6.45. The molecule has 1 heterocycles. The first-order valence-corrected chi connectivity index (χ1v) is 8.94. The summed E-state index contributed by atoms with van der Waals surface area (Å²) in [6.45, 7) is 1.65. The summed E-state index contributed by atoms with van der Waals surface area (Å²) in [4.78, 5) is 26.3. The van der Waals surface area contributed by atoms with Gasteiger partial charge in [0.15, 0.2) is 0 Å². The molecule has 3 rings (SSSR count). The first kappa shape index (κ1) is 20.4. The highest BCUT2D eigenvalue weighted by molar-refractivity contribution is 6.01. The van der Waals surface area contributed by atoms with E-state index in [-0.39, 0.29) is 36.7 Å². The number of rotatable bonds is 7. The Labute approximate surface area is 166 Å². The van der Waals surface area contributed by atoms with Crippen LogP contribution < -0.4 is 11.1 Å². The zero-order valence-electron chi connectivity index (χ0n) is 15.7. The number of carbonyl (C=O) groups is 2. The number of nitrogen functional groups attached to an aromatic ring is 1. The number of fused-ring (bicyclic) bond motifs is 1. The SMILES string of the molecule is CCOC(C(=O)NCc1ccc(C(=N)N)cc1)N1Cc2c(F)ccc(F)c2C1=O. The Hall–Kier alpha value is -3.33. The summed E-state index contributed by atoms with van der Waals surface area (Å²) in [7, 11) is 0. The lowest BCUT2D eigenvalue weighted by Gasteiger charge is -2.26. The van der Waals surface area contributed by atoms with E-state index in [9.17, 15) is 18.4 Å². The molecule has 0 spiro atoms. The molecule has 1 aliphatic rings. The van der Waals surface area contributed by atoms with Crippen molar-refractivity contribution in [2.45, 2.75) is 26.2 Å². The molecule has 29 heavy (non-hydrogen) atoms. The number of halogens is 2. The van der Waals surface area contributed by atoms with E-state index in [0.29, 0.717) is 5.56 Å². The van der Waals surface area contributed by atoms with E-state index in [1.54, 1.807) is 31.2 Å². The molecule has 1 aliphatic heterocycles. The smallest absolute Gasteiger partial charge is 0.270 e. The number of ether oxygens (including phenoxy) is 1. The molecule has 1 atom stereocenters. The Balaban J connectivity index is 1.73. The van der Waals surface area contributed by atoms with E-state index in [1.165, 1.54) is 0 Å². The van der Waals surface area contributed by atoms with Crippen molar-refractivity contribution in [2.75, 3.05) is 6.61 Å². The fourth-order valence-corrected chi connectivity index (χ4v) is 3.10. The molecule has 0 fully saturated rings. The molecule has 9 heteroatoms. The maximum atomic E-state index is 14.0. The van der Waals surface area contributed by atoms with Gasteiger partial charge in [-0.1, -0.05) is 24.3 Å². The third-order valence-corrected chi connectivity index (χ3v) is 4.57. The summed E-state index contributed by atoms with van der Waals surface area (Å²) in [6, 6.07) is 8.54. The lowest BCUT2D eigenvalue weighted by molar-refractivity contribution is -0.143. The van der Waals surface area contributed by atoms with Crippen molar-refractivity contribution in [1.29, 1.82) is 5.41 Å². The van der Waals surface area contributed by atoms with Crippen molar-refractivity contribution in [2.24, 2.45) is 5.73 Å². The Bertz CT molecular complexity index is 963. The highest BCUT2D eigenvalue weighted by Gasteiger charge is 2.40. The predicted octanol–water partition coefficient (Wildman–Crippen LogP) is 1.88. The number of amidine groups is 1. The first-order chi connectivity index (χ1) is 13.8. The van der Waals surface area contributed by atoms with Crippen LogP contribution in [-0.4, -0.2) is 35.4 Å². The average molecular weight is 402 g/mol. The van der Waals surface area contributed by atoms with Crippen LogP contribution in [0.4, 0.5) is 8.78 Å². The largest absolute Gasteiger partial charge is 0.384 e. The van der Waals surface area contributed by atoms with Crippen LogP contribution in [-0.2, 0) is 22.6 Å². The van der Waals surface area contributed by atoms with Crippen molar-refractivity contribution >= 4 is 17.6 Å². The molecule has 2 aromatic rings. The first-order valence-electron chi connectivity index (χ1n) is 8.94. The molecular formula is C20H20F2N4O3. The van der Waals surface area contributed by atoms with Gasteiger partial charge in [-0.3, -0.25) is 15.0 Å². The van der Waals surface area contributed by atoms with Crippen LogP contribution >= 0.6 is 0 Å². The van der Waals surface area contributed by atoms with Gasteiger partial charge in [0.25, 0.3) is 11.8 Å². The van der Waals surface area contributed by atoms with Gasteiger partial charge in [0.2, 0.25) is 6.23 Å². The van der Waals surface area contributed by atoms with Crippen molar-refractivity contribution in [3.63, 3.8) is 0 Å². The quantitative estimate of drug-likeness (QED) is 0.485. The average Bonchev–Trinajstić information content (AvgIpc) is 3.05. The van der Waals surface area contributed by atoms with Crippen LogP contribution in [0.3, 0.4) is 0 Å². The summed E-state index contributed by atoms with van der Waals surface area (Å²) >= 11 is 0. The summed E-state index contributed by atoms with van der Waals surface area (Å²) in [6.07, 6.45) is -1.32. The summed E-state index contributed by atoms with van der Waals surface area (Å²) < 4.78 is 33.5. The molecule has 7 nitrogen and oxygen atoms in total. The topological polar surface area (TPSA) is 109 Å². The number of nitrogens with one attached hydrogen (secondary N) is 2. The van der Waals surface area contributed by atoms with Crippen LogP contribution in [0.5, 0.6) is 0 Å². The predicted molar refractivity (Wildman–Crippen MR) is 101 cm³/mol. The molecule has 0 radical (unpaired) electrons. The number of nitrogens with two attached hydrogens (primary N) is 1. The van der Waals surface area contributed by atoms with E-state index in [4.69, 9.17) is 15.9 Å². The number of benzene rings is 2. The number of hydrogen-bond acceptors (Lipinski definition) is 4. The van der Waals surface area contributed by atoms with Crippen molar-refractivity contribution in [3.8, 4) is 0 Å². The van der Waals surface area contributed by atoms with Crippen LogP contribution in [0.1, 0.15) is 34.0 Å². The van der Waals surface area contributed by atoms with Gasteiger partial charge >= 0.3 is 0 Å². The Kier molecular flexibility index (Phi) is 5.88. The molecular weight excluding hydrogens is 382 g/mol. The van der Waals surface area contributed by atoms with Gasteiger partial charge in [-0.2, -0.15) is 0 Å². The molecule has 152 valence electrons. The van der Waals surface area contributed by atoms with Gasteiger partial charge in [-0.25, -0.2) is 8.78 Å². The maximum Gasteiger partial charge on any atom is 0.270 e. The summed E-state index contributed by atoms with van der Waals surface area (Å²) in [5, 5.41) is 10.0. The molecule has 0 aliphatic carbocycles. The Morgan fingerprint density at radius 3 is 2.48 bits per heavy atom. The Morgan fingerprint density at radius 2 is 1.90 bits per heavy atom. The normalized spacial score (nSPS) is 13.9. The fourth-order valence-electron chi connectivity index (χ4n) is 3.10. The Morgan fingerprint density at radius 1 is 1.24 bits per heavy atom. The standard InChI is InChI=1S/C20H20F2N4O3/c1-2-29-20(18(27)25-9-11-3-5-12(6-4-11)17(23)24)26-10-13-14(21)7-8-15(22)16(13)19(26)28/h3-8,20H,2,9-10H2,1H3,(H3,23,24)(H,25,27). The van der Waals surface area contributed by atoms with Gasteiger partial charge in [-0.05, 0) is 24.6 Å². The molecule has 1 unspecified atom stereocenters. The van der Waals surface area contributed by atoms with Gasteiger partial charge in [0, 0.05) is 24.3 Å². The number of carbonyl (C=O) groups excluding carboxylic acids is 2. The number of amides is 2. The number of hydrogen-bond donors (Lipinski definition) is 3. The minimum absolute atomic E-state index is 0.0661. The molecule has 2 aromatic carbocycles. The van der Waals surface area contributed by atoms with Crippen LogP contribution in [0.2, 0.25) is 0 Å². The fraction of sp³-hybridized carbons (Fsp3) is 0.250. The maximum absolute atomic E-state index is 14.0. The molecule has 0 saturated carbocycles. The zero-order valence-corrected chi connectivity index (χ0v) is 15.7. The second kappa shape index (κ2) is 8.36. The highest BCUT2D eigenvalue weighted by atomic mass is 19.1. The van der Waals surface area contributed by atoms with Gasteiger partial charge < -0.3 is 20.7 Å². The molecule has 0 aromatic heterocycles. The highest BCUT2D eigenvalue weighted by Crippen LogP contribution is 2.29. The monoisotopic (exact) mass is 402 g/mol. The van der Waals surface area contributed by atoms with Gasteiger partial charge in [-0.15, -0.1) is 0 Å². The van der Waals surface area contributed by atoms with Crippen LogP contribution in [0.25, 0.3) is 0 Å². The summed E-state index contributed by atoms with van der Waals surface area (Å²) in [5.41, 5.74) is 6.24. The molecule has 0 saturated heterocycles. The van der Waals surface area contributed by atoms with Gasteiger partial charge in [0.1, 0.15) is 17.5 Å². The van der Waals surface area contributed by atoms with Crippen molar-refractivity contribution in [1.82, 2.24) is 10.2 Å². The molecule has 4 N–H and O–H groups in total. The van der Waals surface area contributed by atoms with Crippen LogP contribution in [0, 0.1) is 17.0 Å². The van der Waals surface area contributed by atoms with E-state index in [0.717, 1.165) is 22.6 Å². The minimum atomic E-state index is -1.32. The lowest BCUT2D eigenvalue weighted by atomic mass is 10.1. The van der Waals surface area contributed by atoms with Crippen molar-refractivity contribution in [3.05, 3.63) is 70.3 Å². The molecule has 0 bridgehead atoms. The summed E-state index contributed by atoms with van der Waals surface area (Å²) in [5.74, 6) is -3.02. The van der Waals surface area contributed by atoms with E-state index >= 15 is 0 Å². The van der Waals surface area contributed by atoms with Crippen molar-refractivity contribution < 1.29 is 23.1 Å². The third-order valence-electron chi connectivity index (χ3n) is 4.57. The number of nitrogens with zero attached hydrogens (tertiary/aromatic N) is 1. The lowest BCUT2D eigenvalue weighted by Crippen LogP contribution is -2.48. The molecule has 2 amide bonds. The minimum Gasteiger partial charge on any atom is -0.384 e. The van der Waals surface area contributed by atoms with E-state index in [2.05, 4.69) is 5.32 Å². The van der Waals surface area contributed by atoms with Gasteiger partial charge in [0.05, 0.1) is 12.1 Å². The zero-order chi connectivity index (χ0) is 21.1. The second-order valence-corrected chi connectivity index (χ2v) is 6.45. The van der Waals surface area contributed by atoms with E-state index in [1.807, 2.05) is 0 Å². The third kappa shape index (κ3) is 4.09.